The molecule has 0 aliphatic carbocycles. The second-order valence-corrected chi connectivity index (χ2v) is 5.69. The Morgan fingerprint density at radius 1 is 0.708 bits per heavy atom. The molecule has 0 heterocycles. The van der Waals surface area contributed by atoms with Crippen LogP contribution >= 0.6 is 0 Å². The van der Waals surface area contributed by atoms with E-state index in [0.717, 1.165) is 17.5 Å². The number of ether oxygens (including phenoxy) is 1. The van der Waals surface area contributed by atoms with Gasteiger partial charge in [0.2, 0.25) is 0 Å². The molecule has 0 saturated carbocycles. The number of hydrogen-bond acceptors (Lipinski definition) is 2. The maximum atomic E-state index is 11.5. The van der Waals surface area contributed by atoms with Gasteiger partial charge in [-0.05, 0) is 40.8 Å². The number of benzene rings is 3. The summed E-state index contributed by atoms with van der Waals surface area (Å²) < 4.78 is 5.28. The van der Waals surface area contributed by atoms with Crippen LogP contribution in [0.25, 0.3) is 22.3 Å². The first-order valence-electron chi connectivity index (χ1n) is 8.23. The van der Waals surface area contributed by atoms with Gasteiger partial charge in [-0.2, -0.15) is 0 Å². The van der Waals surface area contributed by atoms with Crippen LogP contribution in [0, 0.1) is 0 Å². The number of carbonyl (C=O) groups excluding carboxylic acids is 1. The Kier molecular flexibility index (Phi) is 5.07. The molecular formula is C22H20O2. The first-order chi connectivity index (χ1) is 11.8. The molecule has 0 aromatic heterocycles. The van der Waals surface area contributed by atoms with E-state index in [9.17, 15) is 4.79 Å². The van der Waals surface area contributed by atoms with E-state index in [0.29, 0.717) is 12.2 Å². The van der Waals surface area contributed by atoms with Crippen molar-refractivity contribution < 1.29 is 9.53 Å². The Balaban J connectivity index is 1.74. The molecule has 3 aromatic carbocycles. The maximum absolute atomic E-state index is 11.5. The molecule has 0 saturated heterocycles. The van der Waals surface area contributed by atoms with Crippen LogP contribution < -0.4 is 4.74 Å². The van der Waals surface area contributed by atoms with Gasteiger partial charge in [0.05, 0.1) is 0 Å². The highest BCUT2D eigenvalue weighted by atomic mass is 16.5. The van der Waals surface area contributed by atoms with Crippen molar-refractivity contribution in [2.24, 2.45) is 0 Å². The molecule has 24 heavy (non-hydrogen) atoms. The van der Waals surface area contributed by atoms with Gasteiger partial charge in [-0.15, -0.1) is 0 Å². The minimum Gasteiger partial charge on any atom is -0.427 e. The molecule has 3 aromatic rings. The van der Waals surface area contributed by atoms with E-state index in [-0.39, 0.29) is 5.97 Å². The molecule has 3 rings (SSSR count). The molecule has 0 aliphatic rings. The summed E-state index contributed by atoms with van der Waals surface area (Å²) in [6.45, 7) is 1.96. The van der Waals surface area contributed by atoms with E-state index < -0.39 is 0 Å². The number of hydrogen-bond donors (Lipinski definition) is 0. The lowest BCUT2D eigenvalue weighted by molar-refractivity contribution is -0.134. The molecule has 0 fully saturated rings. The highest BCUT2D eigenvalue weighted by molar-refractivity contribution is 5.73. The van der Waals surface area contributed by atoms with Gasteiger partial charge in [0.25, 0.3) is 0 Å². The third kappa shape index (κ3) is 3.90. The van der Waals surface area contributed by atoms with E-state index in [1.54, 1.807) is 0 Å². The van der Waals surface area contributed by atoms with Crippen LogP contribution in [0.4, 0.5) is 0 Å². The Bertz CT molecular complexity index is 788. The molecule has 0 bridgehead atoms. The zero-order chi connectivity index (χ0) is 16.8. The Morgan fingerprint density at radius 2 is 1.17 bits per heavy atom. The van der Waals surface area contributed by atoms with Crippen LogP contribution in [0.2, 0.25) is 0 Å². The van der Waals surface area contributed by atoms with Crippen molar-refractivity contribution in [3.63, 3.8) is 0 Å². The molecule has 2 heteroatoms. The third-order valence-corrected chi connectivity index (χ3v) is 3.87. The fourth-order valence-corrected chi connectivity index (χ4v) is 2.59. The SMILES string of the molecule is CCCC(=O)Oc1ccc(-c2ccc(-c3ccccc3)cc2)cc1. The van der Waals surface area contributed by atoms with Gasteiger partial charge in [-0.25, -0.2) is 0 Å². The lowest BCUT2D eigenvalue weighted by Crippen LogP contribution is -2.06. The van der Waals surface area contributed by atoms with E-state index in [1.807, 2.05) is 49.4 Å². The predicted octanol–water partition coefficient (Wildman–Crippen LogP) is 5.73. The number of carbonyl (C=O) groups is 1. The van der Waals surface area contributed by atoms with E-state index in [1.165, 1.54) is 11.1 Å². The highest BCUT2D eigenvalue weighted by Crippen LogP contribution is 2.26. The fourth-order valence-electron chi connectivity index (χ4n) is 2.59. The monoisotopic (exact) mass is 316 g/mol. The van der Waals surface area contributed by atoms with Crippen LogP contribution in [0.3, 0.4) is 0 Å². The minimum atomic E-state index is -0.183. The zero-order valence-corrected chi connectivity index (χ0v) is 13.7. The zero-order valence-electron chi connectivity index (χ0n) is 13.7. The van der Waals surface area contributed by atoms with Crippen LogP contribution in [-0.2, 0) is 4.79 Å². The van der Waals surface area contributed by atoms with Gasteiger partial charge in [0, 0.05) is 6.42 Å². The second-order valence-electron chi connectivity index (χ2n) is 5.69. The lowest BCUT2D eigenvalue weighted by Gasteiger charge is -2.07. The van der Waals surface area contributed by atoms with Crippen LogP contribution in [-0.4, -0.2) is 5.97 Å². The van der Waals surface area contributed by atoms with Gasteiger partial charge in [-0.3, -0.25) is 4.79 Å². The summed E-state index contributed by atoms with van der Waals surface area (Å²) in [5.41, 5.74) is 4.65. The molecule has 0 amide bonds. The summed E-state index contributed by atoms with van der Waals surface area (Å²) in [5.74, 6) is 0.413. The predicted molar refractivity (Wildman–Crippen MR) is 97.9 cm³/mol. The molecular weight excluding hydrogens is 296 g/mol. The number of rotatable bonds is 5. The molecule has 0 spiro atoms. The topological polar surface area (TPSA) is 26.3 Å². The maximum Gasteiger partial charge on any atom is 0.311 e. The Labute approximate surface area is 142 Å². The van der Waals surface area contributed by atoms with Crippen molar-refractivity contribution in [3.8, 4) is 28.0 Å². The van der Waals surface area contributed by atoms with Gasteiger partial charge < -0.3 is 4.74 Å². The van der Waals surface area contributed by atoms with E-state index in [4.69, 9.17) is 4.74 Å². The largest absolute Gasteiger partial charge is 0.427 e. The van der Waals surface area contributed by atoms with Crippen LogP contribution in [0.5, 0.6) is 5.75 Å². The molecule has 0 N–H and O–H groups in total. The molecule has 0 unspecified atom stereocenters. The van der Waals surface area contributed by atoms with Crippen molar-refractivity contribution in [1.29, 1.82) is 0 Å². The molecule has 0 aliphatic heterocycles. The van der Waals surface area contributed by atoms with Gasteiger partial charge in [0.1, 0.15) is 5.75 Å². The smallest absolute Gasteiger partial charge is 0.311 e. The van der Waals surface area contributed by atoms with Crippen molar-refractivity contribution in [2.75, 3.05) is 0 Å². The first-order valence-corrected chi connectivity index (χ1v) is 8.23. The first kappa shape index (κ1) is 16.0. The van der Waals surface area contributed by atoms with Crippen molar-refractivity contribution in [1.82, 2.24) is 0 Å². The van der Waals surface area contributed by atoms with E-state index in [2.05, 4.69) is 36.4 Å². The van der Waals surface area contributed by atoms with Crippen molar-refractivity contribution >= 4 is 5.97 Å². The van der Waals surface area contributed by atoms with E-state index >= 15 is 0 Å². The summed E-state index contributed by atoms with van der Waals surface area (Å²) in [7, 11) is 0. The van der Waals surface area contributed by atoms with Crippen molar-refractivity contribution in [3.05, 3.63) is 78.9 Å². The number of esters is 1. The third-order valence-electron chi connectivity index (χ3n) is 3.87. The average Bonchev–Trinajstić information content (AvgIpc) is 2.63. The summed E-state index contributed by atoms with van der Waals surface area (Å²) in [4.78, 5) is 11.5. The van der Waals surface area contributed by atoms with Crippen LogP contribution in [0.15, 0.2) is 78.9 Å². The van der Waals surface area contributed by atoms with Crippen molar-refractivity contribution in [2.45, 2.75) is 19.8 Å². The molecule has 2 nitrogen and oxygen atoms in total. The summed E-state index contributed by atoms with van der Waals surface area (Å²) in [6, 6.07) is 26.4. The minimum absolute atomic E-state index is 0.183. The normalized spacial score (nSPS) is 10.4. The second kappa shape index (κ2) is 7.60. The quantitative estimate of drug-likeness (QED) is 0.444. The highest BCUT2D eigenvalue weighted by Gasteiger charge is 2.04. The van der Waals surface area contributed by atoms with Gasteiger partial charge >= 0.3 is 5.97 Å². The summed E-state index contributed by atoms with van der Waals surface area (Å²) in [6.07, 6.45) is 1.24. The molecule has 0 radical (unpaired) electrons. The Morgan fingerprint density at radius 3 is 1.67 bits per heavy atom. The summed E-state index contributed by atoms with van der Waals surface area (Å²) >= 11 is 0. The lowest BCUT2D eigenvalue weighted by atomic mass is 10.0. The van der Waals surface area contributed by atoms with Gasteiger partial charge in [-0.1, -0.05) is 73.7 Å². The molecule has 0 atom stereocenters. The van der Waals surface area contributed by atoms with Crippen LogP contribution in [0.1, 0.15) is 19.8 Å². The summed E-state index contributed by atoms with van der Waals surface area (Å²) in [5, 5.41) is 0. The standard InChI is InChI=1S/C22H20O2/c1-2-6-22(23)24-21-15-13-20(14-16-21)19-11-9-18(10-12-19)17-7-4-3-5-8-17/h3-5,7-16H,2,6H2,1H3. The van der Waals surface area contributed by atoms with Gasteiger partial charge in [0.15, 0.2) is 0 Å². The Hall–Kier alpha value is -2.87. The average molecular weight is 316 g/mol. The molecule has 120 valence electrons. The fraction of sp³-hybridized carbons (Fsp3) is 0.136.